The van der Waals surface area contributed by atoms with Gasteiger partial charge in [0.1, 0.15) is 17.7 Å². The molecule has 1 aliphatic rings. The molecule has 0 atom stereocenters. The summed E-state index contributed by atoms with van der Waals surface area (Å²) in [6.07, 6.45) is 4.15. The van der Waals surface area contributed by atoms with Crippen molar-refractivity contribution >= 4 is 10.0 Å². The second-order valence-corrected chi connectivity index (χ2v) is 9.83. The van der Waals surface area contributed by atoms with Crippen molar-refractivity contribution in [2.24, 2.45) is 0 Å². The molecule has 1 aliphatic heterocycles. The Morgan fingerprint density at radius 2 is 1.91 bits per heavy atom. The van der Waals surface area contributed by atoms with Gasteiger partial charge in [0.25, 0.3) is 5.56 Å². The minimum Gasteiger partial charge on any atom is -0.364 e. The first-order valence-corrected chi connectivity index (χ1v) is 12.0. The van der Waals surface area contributed by atoms with Gasteiger partial charge in [0, 0.05) is 19.2 Å². The van der Waals surface area contributed by atoms with Crippen molar-refractivity contribution in [3.05, 3.63) is 70.3 Å². The maximum atomic E-state index is 12.8. The Balaban J connectivity index is 1.54. The van der Waals surface area contributed by atoms with E-state index >= 15 is 0 Å². The summed E-state index contributed by atoms with van der Waals surface area (Å²) in [4.78, 5) is 19.2. The highest BCUT2D eigenvalue weighted by molar-refractivity contribution is 7.89. The molecule has 33 heavy (non-hydrogen) atoms. The number of nitrogens with zero attached hydrogens (tertiary/aromatic N) is 5. The first-order valence-electron chi connectivity index (χ1n) is 10.6. The summed E-state index contributed by atoms with van der Waals surface area (Å²) >= 11 is 0. The molecule has 0 unspecified atom stereocenters. The minimum absolute atomic E-state index is 0.175. The zero-order valence-electron chi connectivity index (χ0n) is 17.9. The molecule has 1 N–H and O–H groups in total. The largest absolute Gasteiger partial charge is 0.364 e. The quantitative estimate of drug-likeness (QED) is 0.462. The van der Waals surface area contributed by atoms with Crippen molar-refractivity contribution in [2.75, 3.05) is 13.1 Å². The number of benzene rings is 1. The van der Waals surface area contributed by atoms with E-state index in [4.69, 9.17) is 4.52 Å². The number of aromatic amines is 1. The molecular formula is C22H22N6O4S. The summed E-state index contributed by atoms with van der Waals surface area (Å²) < 4.78 is 33.6. The fourth-order valence-corrected chi connectivity index (χ4v) is 5.41. The van der Waals surface area contributed by atoms with Crippen molar-refractivity contribution in [2.45, 2.75) is 31.2 Å². The molecular weight excluding hydrogens is 444 g/mol. The van der Waals surface area contributed by atoms with Gasteiger partial charge in [-0.2, -0.15) is 9.40 Å². The van der Waals surface area contributed by atoms with Gasteiger partial charge in [-0.1, -0.05) is 29.4 Å². The number of hydrogen-bond acceptors (Lipinski definition) is 7. The van der Waals surface area contributed by atoms with Gasteiger partial charge in [-0.25, -0.2) is 13.4 Å². The van der Waals surface area contributed by atoms with Crippen LogP contribution >= 0.6 is 0 Å². The number of H-pyrrole nitrogens is 1. The summed E-state index contributed by atoms with van der Waals surface area (Å²) in [7, 11) is -3.87. The molecule has 5 rings (SSSR count). The van der Waals surface area contributed by atoms with Crippen LogP contribution in [-0.2, 0) is 16.6 Å². The van der Waals surface area contributed by atoms with Crippen molar-refractivity contribution in [1.29, 1.82) is 0 Å². The lowest BCUT2D eigenvalue weighted by Crippen LogP contribution is -2.32. The molecule has 4 aromatic rings. The lowest BCUT2D eigenvalue weighted by atomic mass is 10.1. The summed E-state index contributed by atoms with van der Waals surface area (Å²) in [5, 5.41) is 8.64. The SMILES string of the molecule is Cc1ccccc1Cn1nc(-c2ncc(S(=O)(=O)N3CCCC3)c(=O)[nH]2)cc1-c1ccon1. The van der Waals surface area contributed by atoms with E-state index in [2.05, 4.69) is 20.2 Å². The normalized spacial score (nSPS) is 14.7. The van der Waals surface area contributed by atoms with Gasteiger partial charge in [-0.3, -0.25) is 9.48 Å². The van der Waals surface area contributed by atoms with Crippen LogP contribution in [-0.4, -0.2) is 50.7 Å². The maximum absolute atomic E-state index is 12.8. The number of sulfonamides is 1. The average molecular weight is 467 g/mol. The summed E-state index contributed by atoms with van der Waals surface area (Å²) in [6.45, 7) is 3.32. The molecule has 170 valence electrons. The van der Waals surface area contributed by atoms with Crippen LogP contribution in [0, 0.1) is 6.92 Å². The first-order chi connectivity index (χ1) is 15.9. The van der Waals surface area contributed by atoms with E-state index in [-0.39, 0.29) is 10.7 Å². The smallest absolute Gasteiger partial charge is 0.271 e. The maximum Gasteiger partial charge on any atom is 0.271 e. The molecule has 10 nitrogen and oxygen atoms in total. The van der Waals surface area contributed by atoms with E-state index in [9.17, 15) is 13.2 Å². The third-order valence-electron chi connectivity index (χ3n) is 5.75. The van der Waals surface area contributed by atoms with Crippen LogP contribution in [0.25, 0.3) is 22.9 Å². The van der Waals surface area contributed by atoms with E-state index in [0.717, 1.165) is 30.2 Å². The van der Waals surface area contributed by atoms with Crippen molar-refractivity contribution in [3.63, 3.8) is 0 Å². The Labute approximate surface area is 189 Å². The molecule has 0 aliphatic carbocycles. The Morgan fingerprint density at radius 1 is 1.12 bits per heavy atom. The number of aromatic nitrogens is 5. The van der Waals surface area contributed by atoms with Gasteiger partial charge < -0.3 is 9.51 Å². The molecule has 4 heterocycles. The summed E-state index contributed by atoms with van der Waals surface area (Å²) in [5.74, 6) is 0.175. The number of hydrogen-bond donors (Lipinski definition) is 1. The molecule has 0 radical (unpaired) electrons. The van der Waals surface area contributed by atoms with Crippen LogP contribution in [0.4, 0.5) is 0 Å². The lowest BCUT2D eigenvalue weighted by molar-refractivity contribution is 0.421. The number of rotatable bonds is 6. The van der Waals surface area contributed by atoms with Crippen LogP contribution < -0.4 is 5.56 Å². The predicted molar refractivity (Wildman–Crippen MR) is 120 cm³/mol. The highest BCUT2D eigenvalue weighted by Crippen LogP contribution is 2.25. The van der Waals surface area contributed by atoms with Crippen LogP contribution in [0.15, 0.2) is 63.1 Å². The van der Waals surface area contributed by atoms with E-state index in [1.807, 2.05) is 31.2 Å². The van der Waals surface area contributed by atoms with Crippen molar-refractivity contribution < 1.29 is 12.9 Å². The average Bonchev–Trinajstić information content (AvgIpc) is 3.57. The van der Waals surface area contributed by atoms with Gasteiger partial charge in [0.05, 0.1) is 18.4 Å². The molecule has 0 bridgehead atoms. The Bertz CT molecular complexity index is 1450. The third kappa shape index (κ3) is 4.00. The standard InChI is InChI=1S/C22H22N6O4S/c1-15-6-2-3-7-16(15)14-28-19(17-8-11-32-26-17)12-18(25-28)21-23-13-20(22(29)24-21)33(30,31)27-9-4-5-10-27/h2-3,6-8,11-13H,4-5,9-10,14H2,1H3,(H,23,24,29). The van der Waals surface area contributed by atoms with Gasteiger partial charge in [-0.15, -0.1) is 0 Å². The molecule has 0 amide bonds. The van der Waals surface area contributed by atoms with E-state index in [1.165, 1.54) is 10.6 Å². The van der Waals surface area contributed by atoms with Gasteiger partial charge in [0.15, 0.2) is 10.7 Å². The molecule has 11 heteroatoms. The van der Waals surface area contributed by atoms with E-state index < -0.39 is 15.6 Å². The van der Waals surface area contributed by atoms with Gasteiger partial charge >= 0.3 is 0 Å². The zero-order chi connectivity index (χ0) is 23.0. The van der Waals surface area contributed by atoms with E-state index in [0.29, 0.717) is 36.7 Å². The molecule has 1 fully saturated rings. The molecule has 0 saturated carbocycles. The Morgan fingerprint density at radius 3 is 2.61 bits per heavy atom. The predicted octanol–water partition coefficient (Wildman–Crippen LogP) is 2.43. The Hall–Kier alpha value is -3.57. The first kappa shape index (κ1) is 21.3. The van der Waals surface area contributed by atoms with E-state index in [1.54, 1.807) is 16.8 Å². The van der Waals surface area contributed by atoms with Gasteiger partial charge in [-0.05, 0) is 37.0 Å². The molecule has 3 aromatic heterocycles. The van der Waals surface area contributed by atoms with Crippen LogP contribution in [0.5, 0.6) is 0 Å². The highest BCUT2D eigenvalue weighted by atomic mass is 32.2. The highest BCUT2D eigenvalue weighted by Gasteiger charge is 2.30. The molecule has 1 saturated heterocycles. The minimum atomic E-state index is -3.87. The Kier molecular flexibility index (Phi) is 5.43. The van der Waals surface area contributed by atoms with Crippen LogP contribution in [0.3, 0.4) is 0 Å². The van der Waals surface area contributed by atoms with Crippen molar-refractivity contribution in [3.8, 4) is 22.9 Å². The molecule has 1 aromatic carbocycles. The number of nitrogens with one attached hydrogen (secondary N) is 1. The molecule has 0 spiro atoms. The zero-order valence-corrected chi connectivity index (χ0v) is 18.7. The summed E-state index contributed by atoms with van der Waals surface area (Å²) in [6, 6.07) is 11.4. The lowest BCUT2D eigenvalue weighted by Gasteiger charge is -2.14. The monoisotopic (exact) mass is 466 g/mol. The topological polar surface area (TPSA) is 127 Å². The second kappa shape index (κ2) is 8.41. The van der Waals surface area contributed by atoms with Crippen LogP contribution in [0.2, 0.25) is 0 Å². The second-order valence-electron chi connectivity index (χ2n) is 7.92. The van der Waals surface area contributed by atoms with Crippen molar-refractivity contribution in [1.82, 2.24) is 29.2 Å². The number of aryl methyl sites for hydroxylation is 1. The van der Waals surface area contributed by atoms with Crippen LogP contribution in [0.1, 0.15) is 24.0 Å². The fraction of sp³-hybridized carbons (Fsp3) is 0.273. The third-order valence-corrected chi connectivity index (χ3v) is 7.65. The summed E-state index contributed by atoms with van der Waals surface area (Å²) in [5.41, 5.74) is 3.12. The fourth-order valence-electron chi connectivity index (χ4n) is 3.92. The van der Waals surface area contributed by atoms with Gasteiger partial charge in [0.2, 0.25) is 10.0 Å².